The number of nitrogens with two attached hydrogens (primary N) is 1. The van der Waals surface area contributed by atoms with E-state index < -0.39 is 0 Å². The summed E-state index contributed by atoms with van der Waals surface area (Å²) in [5.74, 6) is 0.225. The van der Waals surface area contributed by atoms with E-state index in [1.165, 1.54) is 0 Å². The Morgan fingerprint density at radius 1 is 1.33 bits per heavy atom. The van der Waals surface area contributed by atoms with Gasteiger partial charge in [0, 0.05) is 25.2 Å². The number of halogens is 1. The molecule has 5 heteroatoms. The number of benzene rings is 1. The van der Waals surface area contributed by atoms with Crippen LogP contribution in [0.3, 0.4) is 0 Å². The number of para-hydroxylation sites is 1. The number of anilines is 1. The highest BCUT2D eigenvalue weighted by atomic mass is 35.5. The minimum absolute atomic E-state index is 0. The molecule has 1 aliphatic rings. The zero-order valence-electron chi connectivity index (χ0n) is 12.9. The fraction of sp³-hybridized carbons (Fsp3) is 0.562. The average Bonchev–Trinajstić information content (AvgIpc) is 2.46. The number of carbonyl (C=O) groups excluding carboxylic acids is 1. The number of carbonyl (C=O) groups is 1. The number of aryl methyl sites for hydroxylation is 1. The summed E-state index contributed by atoms with van der Waals surface area (Å²) in [5.41, 5.74) is 7.76. The van der Waals surface area contributed by atoms with Gasteiger partial charge in [0.05, 0.1) is 0 Å². The molecule has 0 atom stereocenters. The normalized spacial score (nSPS) is 16.3. The number of nitrogen functional groups attached to an aromatic ring is 1. The molecule has 0 spiro atoms. The highest BCUT2D eigenvalue weighted by Crippen LogP contribution is 2.17. The summed E-state index contributed by atoms with van der Waals surface area (Å²) in [6.45, 7) is 2.15. The topological polar surface area (TPSA) is 49.6 Å². The number of nitrogens with zero attached hydrogens (tertiary/aromatic N) is 2. The molecule has 1 heterocycles. The fourth-order valence-corrected chi connectivity index (χ4v) is 2.77. The van der Waals surface area contributed by atoms with Crippen molar-refractivity contribution in [3.63, 3.8) is 0 Å². The van der Waals surface area contributed by atoms with Gasteiger partial charge < -0.3 is 15.5 Å². The quantitative estimate of drug-likeness (QED) is 0.867. The molecule has 0 aromatic heterocycles. The molecular formula is C16H26ClN3O. The van der Waals surface area contributed by atoms with Gasteiger partial charge in [-0.1, -0.05) is 18.2 Å². The van der Waals surface area contributed by atoms with Gasteiger partial charge in [-0.15, -0.1) is 12.4 Å². The van der Waals surface area contributed by atoms with Crippen molar-refractivity contribution in [2.24, 2.45) is 0 Å². The standard InChI is InChI=1S/C16H25N3O.ClH/c1-18-11-9-14(10-12-18)19(2)16(20)8-7-13-5-3-4-6-15(13)17;/h3-6,14H,7-12,17H2,1-2H3;1H. The highest BCUT2D eigenvalue weighted by Gasteiger charge is 2.23. The van der Waals surface area contributed by atoms with Crippen LogP contribution in [0.2, 0.25) is 0 Å². The molecule has 1 aromatic carbocycles. The Bertz CT molecular complexity index is 459. The molecule has 1 amide bonds. The van der Waals surface area contributed by atoms with E-state index in [-0.39, 0.29) is 18.3 Å². The highest BCUT2D eigenvalue weighted by molar-refractivity contribution is 5.85. The van der Waals surface area contributed by atoms with Crippen LogP contribution in [0.25, 0.3) is 0 Å². The van der Waals surface area contributed by atoms with Crippen LogP contribution in [0.15, 0.2) is 24.3 Å². The number of piperidine rings is 1. The first-order valence-corrected chi connectivity index (χ1v) is 7.35. The van der Waals surface area contributed by atoms with Crippen LogP contribution in [0, 0.1) is 0 Å². The monoisotopic (exact) mass is 311 g/mol. The lowest BCUT2D eigenvalue weighted by molar-refractivity contribution is -0.132. The van der Waals surface area contributed by atoms with E-state index in [0.717, 1.165) is 43.6 Å². The van der Waals surface area contributed by atoms with Crippen molar-refractivity contribution in [3.05, 3.63) is 29.8 Å². The van der Waals surface area contributed by atoms with Crippen LogP contribution in [0.4, 0.5) is 5.69 Å². The van der Waals surface area contributed by atoms with Gasteiger partial charge in [-0.2, -0.15) is 0 Å². The first kappa shape index (κ1) is 17.8. The van der Waals surface area contributed by atoms with Crippen LogP contribution >= 0.6 is 12.4 Å². The maximum absolute atomic E-state index is 12.3. The lowest BCUT2D eigenvalue weighted by atomic mass is 10.0. The Hall–Kier alpha value is -1.26. The summed E-state index contributed by atoms with van der Waals surface area (Å²) >= 11 is 0. The molecule has 1 aromatic rings. The molecule has 0 saturated carbocycles. The van der Waals surface area contributed by atoms with Gasteiger partial charge in [-0.3, -0.25) is 4.79 Å². The third kappa shape index (κ3) is 4.90. The molecule has 0 aliphatic carbocycles. The summed E-state index contributed by atoms with van der Waals surface area (Å²) in [5, 5.41) is 0. The lowest BCUT2D eigenvalue weighted by Crippen LogP contribution is -2.44. The van der Waals surface area contributed by atoms with E-state index in [2.05, 4.69) is 11.9 Å². The Morgan fingerprint density at radius 3 is 2.57 bits per heavy atom. The molecule has 0 radical (unpaired) electrons. The third-order valence-corrected chi connectivity index (χ3v) is 4.29. The van der Waals surface area contributed by atoms with Crippen LogP contribution in [-0.2, 0) is 11.2 Å². The number of likely N-dealkylation sites (tertiary alicyclic amines) is 1. The Morgan fingerprint density at radius 2 is 1.95 bits per heavy atom. The van der Waals surface area contributed by atoms with Crippen molar-refractivity contribution >= 4 is 24.0 Å². The SMILES string of the molecule is CN1CCC(N(C)C(=O)CCc2ccccc2N)CC1.Cl. The van der Waals surface area contributed by atoms with Crippen molar-refractivity contribution in [2.75, 3.05) is 32.9 Å². The predicted molar refractivity (Wildman–Crippen MR) is 89.7 cm³/mol. The first-order chi connectivity index (χ1) is 9.58. The molecule has 1 saturated heterocycles. The van der Waals surface area contributed by atoms with Gasteiger partial charge in [-0.05, 0) is 51.0 Å². The smallest absolute Gasteiger partial charge is 0.222 e. The first-order valence-electron chi connectivity index (χ1n) is 7.35. The van der Waals surface area contributed by atoms with Gasteiger partial charge in [0.1, 0.15) is 0 Å². The zero-order valence-corrected chi connectivity index (χ0v) is 13.7. The molecule has 2 rings (SSSR count). The molecule has 0 bridgehead atoms. The van der Waals surface area contributed by atoms with E-state index in [0.29, 0.717) is 12.5 Å². The second-order valence-corrected chi connectivity index (χ2v) is 5.74. The average molecular weight is 312 g/mol. The van der Waals surface area contributed by atoms with Crippen LogP contribution in [-0.4, -0.2) is 48.9 Å². The van der Waals surface area contributed by atoms with E-state index in [4.69, 9.17) is 5.73 Å². The van der Waals surface area contributed by atoms with E-state index in [1.54, 1.807) is 0 Å². The summed E-state index contributed by atoms with van der Waals surface area (Å²) < 4.78 is 0. The molecule has 118 valence electrons. The maximum atomic E-state index is 12.3. The summed E-state index contributed by atoms with van der Waals surface area (Å²) in [7, 11) is 4.07. The maximum Gasteiger partial charge on any atom is 0.222 e. The molecule has 4 nitrogen and oxygen atoms in total. The van der Waals surface area contributed by atoms with Crippen LogP contribution in [0.1, 0.15) is 24.8 Å². The van der Waals surface area contributed by atoms with Crippen molar-refractivity contribution < 1.29 is 4.79 Å². The van der Waals surface area contributed by atoms with Gasteiger partial charge in [-0.25, -0.2) is 0 Å². The van der Waals surface area contributed by atoms with E-state index in [1.807, 2.05) is 36.2 Å². The van der Waals surface area contributed by atoms with Crippen molar-refractivity contribution in [1.29, 1.82) is 0 Å². The third-order valence-electron chi connectivity index (χ3n) is 4.29. The van der Waals surface area contributed by atoms with Gasteiger partial charge in [0.25, 0.3) is 0 Å². The van der Waals surface area contributed by atoms with Crippen molar-refractivity contribution in [2.45, 2.75) is 31.7 Å². The van der Waals surface area contributed by atoms with Crippen LogP contribution < -0.4 is 5.73 Å². The Balaban J connectivity index is 0.00000220. The second-order valence-electron chi connectivity index (χ2n) is 5.74. The summed E-state index contributed by atoms with van der Waals surface area (Å²) in [6, 6.07) is 8.17. The van der Waals surface area contributed by atoms with Gasteiger partial charge >= 0.3 is 0 Å². The Labute approximate surface area is 133 Å². The van der Waals surface area contributed by atoms with Crippen molar-refractivity contribution in [3.8, 4) is 0 Å². The van der Waals surface area contributed by atoms with Crippen molar-refractivity contribution in [1.82, 2.24) is 9.80 Å². The largest absolute Gasteiger partial charge is 0.399 e. The fourth-order valence-electron chi connectivity index (χ4n) is 2.77. The molecular weight excluding hydrogens is 286 g/mol. The molecule has 0 unspecified atom stereocenters. The summed E-state index contributed by atoms with van der Waals surface area (Å²) in [6.07, 6.45) is 3.41. The second kappa shape index (κ2) is 8.25. The number of hydrogen-bond acceptors (Lipinski definition) is 3. The van der Waals surface area contributed by atoms with Gasteiger partial charge in [0.2, 0.25) is 5.91 Å². The molecule has 2 N–H and O–H groups in total. The lowest BCUT2D eigenvalue weighted by Gasteiger charge is -2.35. The number of hydrogen-bond donors (Lipinski definition) is 1. The number of rotatable bonds is 4. The molecule has 1 fully saturated rings. The van der Waals surface area contributed by atoms with E-state index in [9.17, 15) is 4.79 Å². The van der Waals surface area contributed by atoms with E-state index >= 15 is 0 Å². The minimum atomic E-state index is 0. The Kier molecular flexibility index (Phi) is 6.99. The predicted octanol–water partition coefficient (Wildman–Crippen LogP) is 2.18. The molecule has 21 heavy (non-hydrogen) atoms. The summed E-state index contributed by atoms with van der Waals surface area (Å²) in [4.78, 5) is 16.5. The molecule has 1 aliphatic heterocycles. The van der Waals surface area contributed by atoms with Gasteiger partial charge in [0.15, 0.2) is 0 Å². The number of amides is 1. The minimum Gasteiger partial charge on any atom is -0.399 e. The van der Waals surface area contributed by atoms with Crippen LogP contribution in [0.5, 0.6) is 0 Å². The zero-order chi connectivity index (χ0) is 14.5.